The Labute approximate surface area is 240 Å². The van der Waals surface area contributed by atoms with Gasteiger partial charge < -0.3 is 30.1 Å². The number of rotatable bonds is 13. The topological polar surface area (TPSA) is 120 Å². The first-order valence-corrected chi connectivity index (χ1v) is 15.6. The Morgan fingerprint density at radius 1 is 1.12 bits per heavy atom. The lowest BCUT2D eigenvalue weighted by atomic mass is 9.70. The van der Waals surface area contributed by atoms with E-state index in [0.29, 0.717) is 51.4 Å². The fraction of sp³-hybridized carbons (Fsp3) is 0.690. The van der Waals surface area contributed by atoms with Crippen LogP contribution in [0.4, 0.5) is 5.69 Å². The fourth-order valence-corrected chi connectivity index (χ4v) is 9.07. The van der Waals surface area contributed by atoms with Crippen LogP contribution in [0.15, 0.2) is 24.3 Å². The van der Waals surface area contributed by atoms with Crippen LogP contribution in [0.2, 0.25) is 0 Å². The van der Waals surface area contributed by atoms with Gasteiger partial charge in [0.25, 0.3) is 0 Å². The number of morpholine rings is 1. The number of carbonyl (C=O) groups excluding carboxylic acids is 3. The summed E-state index contributed by atoms with van der Waals surface area (Å²) in [5.41, 5.74) is 0.666. The number of hydrogen-bond donors (Lipinski definition) is 3. The molecule has 3 N–H and O–H groups in total. The number of unbranched alkanes of at least 4 members (excludes halogenated alkanes) is 2. The van der Waals surface area contributed by atoms with Gasteiger partial charge in [0.15, 0.2) is 0 Å². The predicted molar refractivity (Wildman–Crippen MR) is 153 cm³/mol. The minimum Gasteiger partial charge on any atom is -0.494 e. The van der Waals surface area contributed by atoms with E-state index in [-0.39, 0.29) is 29.6 Å². The van der Waals surface area contributed by atoms with E-state index in [0.717, 1.165) is 44.6 Å². The molecule has 4 saturated heterocycles. The monoisotopic (exact) mass is 574 g/mol. The molecular weight excluding hydrogens is 532 g/mol. The lowest BCUT2D eigenvalue weighted by Crippen LogP contribution is -2.54. The second kappa shape index (κ2) is 13.1. The molecule has 1 aromatic rings. The molecule has 4 aliphatic rings. The Hall–Kier alpha value is -2.34. The summed E-state index contributed by atoms with van der Waals surface area (Å²) in [6.07, 6.45) is 3.72. The van der Waals surface area contributed by atoms with Crippen molar-refractivity contribution < 1.29 is 29.0 Å². The summed E-state index contributed by atoms with van der Waals surface area (Å²) in [6, 6.07) is 6.67. The third-order valence-corrected chi connectivity index (χ3v) is 10.6. The molecule has 1 spiro atoms. The molecule has 0 aromatic heterocycles. The zero-order chi connectivity index (χ0) is 28.1. The molecule has 0 aliphatic carbocycles. The molecule has 11 heteroatoms. The van der Waals surface area contributed by atoms with E-state index in [1.165, 1.54) is 0 Å². The molecule has 40 heavy (non-hydrogen) atoms. The Morgan fingerprint density at radius 2 is 1.90 bits per heavy atom. The normalized spacial score (nSPS) is 29.4. The van der Waals surface area contributed by atoms with Gasteiger partial charge >= 0.3 is 0 Å². The maximum Gasteiger partial charge on any atom is 0.244 e. The number of likely N-dealkylation sites (tertiary alicyclic amines) is 1. The molecular formula is C29H42N4O6S. The third kappa shape index (κ3) is 5.84. The van der Waals surface area contributed by atoms with Gasteiger partial charge in [-0.15, -0.1) is 11.8 Å². The van der Waals surface area contributed by atoms with Gasteiger partial charge in [0.1, 0.15) is 11.8 Å². The highest BCUT2D eigenvalue weighted by molar-refractivity contribution is 8.02. The van der Waals surface area contributed by atoms with E-state index in [9.17, 15) is 19.5 Å². The molecule has 0 radical (unpaired) electrons. The molecule has 10 nitrogen and oxygen atoms in total. The number of nitrogens with zero attached hydrogens (tertiary/aromatic N) is 2. The van der Waals surface area contributed by atoms with E-state index in [4.69, 9.17) is 9.47 Å². The van der Waals surface area contributed by atoms with Gasteiger partial charge in [0, 0.05) is 50.3 Å². The summed E-state index contributed by atoms with van der Waals surface area (Å²) in [5, 5.41) is 15.4. The quantitative estimate of drug-likeness (QED) is 0.305. The summed E-state index contributed by atoms with van der Waals surface area (Å²) >= 11 is 1.68. The van der Waals surface area contributed by atoms with Crippen LogP contribution in [-0.4, -0.2) is 108 Å². The zero-order valence-corrected chi connectivity index (χ0v) is 24.1. The number of carbonyl (C=O) groups is 3. The second-order valence-corrected chi connectivity index (χ2v) is 12.7. The number of amides is 3. The van der Waals surface area contributed by atoms with Crippen LogP contribution in [0.25, 0.3) is 0 Å². The first-order valence-electron chi connectivity index (χ1n) is 14.7. The van der Waals surface area contributed by atoms with Crippen LogP contribution < -0.4 is 15.4 Å². The molecule has 3 amide bonds. The van der Waals surface area contributed by atoms with Gasteiger partial charge in [-0.3, -0.25) is 19.3 Å². The molecule has 220 valence electrons. The van der Waals surface area contributed by atoms with E-state index in [1.807, 2.05) is 31.2 Å². The van der Waals surface area contributed by atoms with Gasteiger partial charge in [-0.1, -0.05) is 0 Å². The Morgan fingerprint density at radius 3 is 2.62 bits per heavy atom. The number of aliphatic hydroxyl groups excluding tert-OH is 1. The van der Waals surface area contributed by atoms with Gasteiger partial charge in [-0.05, 0) is 63.3 Å². The molecule has 1 aromatic carbocycles. The standard InChI is InChI=1S/C29H42N4O6S/c1-2-39-21-8-6-20(7-9-21)31-26(35)23-22-10-11-29(40-22)24(23)28(37)33(13-4-3-5-17-34)25(29)27(36)30-12-14-32-15-18-38-19-16-32/h6-9,22-25,34H,2-5,10-19H2,1H3,(H,30,36)(H,31,35)/t22-,23+,24+,25?,29?/m1/s1. The Kier molecular flexibility index (Phi) is 9.55. The molecule has 5 rings (SSSR count). The Balaban J connectivity index is 1.31. The number of benzene rings is 1. The summed E-state index contributed by atoms with van der Waals surface area (Å²) in [4.78, 5) is 45.5. The van der Waals surface area contributed by atoms with Crippen LogP contribution in [0.1, 0.15) is 39.0 Å². The van der Waals surface area contributed by atoms with Crippen LogP contribution in [0.5, 0.6) is 5.75 Å². The fourth-order valence-electron chi connectivity index (χ4n) is 6.85. The van der Waals surface area contributed by atoms with Gasteiger partial charge in [0.05, 0.1) is 36.4 Å². The van der Waals surface area contributed by atoms with Gasteiger partial charge in [-0.25, -0.2) is 0 Å². The number of ether oxygens (including phenoxy) is 2. The highest BCUT2D eigenvalue weighted by Gasteiger charge is 2.73. The highest BCUT2D eigenvalue weighted by atomic mass is 32.2. The van der Waals surface area contributed by atoms with Crippen LogP contribution >= 0.6 is 11.8 Å². The molecule has 4 fully saturated rings. The van der Waals surface area contributed by atoms with Crippen molar-refractivity contribution in [2.24, 2.45) is 11.8 Å². The predicted octanol–water partition coefficient (Wildman–Crippen LogP) is 1.73. The second-order valence-electron chi connectivity index (χ2n) is 11.1. The van der Waals surface area contributed by atoms with Crippen molar-refractivity contribution in [1.29, 1.82) is 0 Å². The first-order chi connectivity index (χ1) is 19.5. The van der Waals surface area contributed by atoms with Crippen molar-refractivity contribution in [3.63, 3.8) is 0 Å². The number of hydrogen-bond acceptors (Lipinski definition) is 8. The van der Waals surface area contributed by atoms with E-state index >= 15 is 0 Å². The number of fused-ring (bicyclic) bond motifs is 1. The van der Waals surface area contributed by atoms with Crippen molar-refractivity contribution in [1.82, 2.24) is 15.1 Å². The molecule has 5 atom stereocenters. The summed E-state index contributed by atoms with van der Waals surface area (Å²) in [5.74, 6) is -0.628. The number of thioether (sulfide) groups is 1. The Bertz CT molecular complexity index is 1050. The largest absolute Gasteiger partial charge is 0.494 e. The molecule has 4 heterocycles. The van der Waals surface area contributed by atoms with Crippen molar-refractivity contribution >= 4 is 35.2 Å². The van der Waals surface area contributed by atoms with Crippen LogP contribution in [0, 0.1) is 11.8 Å². The third-order valence-electron chi connectivity index (χ3n) is 8.67. The molecule has 2 bridgehead atoms. The minimum atomic E-state index is -0.595. The van der Waals surface area contributed by atoms with E-state index in [2.05, 4.69) is 15.5 Å². The van der Waals surface area contributed by atoms with Crippen molar-refractivity contribution in [3.8, 4) is 5.75 Å². The lowest BCUT2D eigenvalue weighted by molar-refractivity contribution is -0.139. The summed E-state index contributed by atoms with van der Waals surface area (Å²) in [6.45, 7) is 7.41. The van der Waals surface area contributed by atoms with E-state index < -0.39 is 22.6 Å². The molecule has 0 saturated carbocycles. The average Bonchev–Trinajstić information content (AvgIpc) is 3.60. The van der Waals surface area contributed by atoms with Crippen molar-refractivity contribution in [2.45, 2.75) is 55.1 Å². The maximum atomic E-state index is 14.0. The number of anilines is 1. The first kappa shape index (κ1) is 29.2. The highest BCUT2D eigenvalue weighted by Crippen LogP contribution is 2.66. The average molecular weight is 575 g/mol. The summed E-state index contributed by atoms with van der Waals surface area (Å²) < 4.78 is 10.3. The van der Waals surface area contributed by atoms with Crippen LogP contribution in [-0.2, 0) is 19.1 Å². The molecule has 4 aliphatic heterocycles. The maximum absolute atomic E-state index is 14.0. The van der Waals surface area contributed by atoms with Crippen molar-refractivity contribution in [3.05, 3.63) is 24.3 Å². The van der Waals surface area contributed by atoms with Crippen LogP contribution in [0.3, 0.4) is 0 Å². The summed E-state index contributed by atoms with van der Waals surface area (Å²) in [7, 11) is 0. The number of aliphatic hydroxyl groups is 1. The SMILES string of the molecule is CCOc1ccc(NC(=O)[C@@H]2[C@H]3C(=O)N(CCCCCO)C(C(=O)NCCN4CCOCC4)C34CC[C@H]2S4)cc1. The van der Waals surface area contributed by atoms with E-state index in [1.54, 1.807) is 16.7 Å². The smallest absolute Gasteiger partial charge is 0.244 e. The minimum absolute atomic E-state index is 0.0110. The van der Waals surface area contributed by atoms with Gasteiger partial charge in [0.2, 0.25) is 17.7 Å². The van der Waals surface area contributed by atoms with Crippen molar-refractivity contribution in [2.75, 3.05) is 64.5 Å². The number of nitrogens with one attached hydrogen (secondary N) is 2. The lowest BCUT2D eigenvalue weighted by Gasteiger charge is -2.34. The molecule has 2 unspecified atom stereocenters. The van der Waals surface area contributed by atoms with Gasteiger partial charge in [-0.2, -0.15) is 0 Å². The zero-order valence-electron chi connectivity index (χ0n) is 23.3.